The zero-order valence-corrected chi connectivity index (χ0v) is 16.2. The quantitative estimate of drug-likeness (QED) is 0.562. The van der Waals surface area contributed by atoms with Gasteiger partial charge in [0, 0.05) is 16.8 Å². The highest BCUT2D eigenvalue weighted by molar-refractivity contribution is 6.31. The van der Waals surface area contributed by atoms with E-state index < -0.39 is 17.4 Å². The summed E-state index contributed by atoms with van der Waals surface area (Å²) in [4.78, 5) is 38.1. The molecule has 0 saturated heterocycles. The predicted molar refractivity (Wildman–Crippen MR) is 109 cm³/mol. The molecule has 0 aliphatic heterocycles. The largest absolute Gasteiger partial charge is 0.489 e. The monoisotopic (exact) mass is 411 g/mol. The van der Waals surface area contributed by atoms with Crippen molar-refractivity contribution in [2.45, 2.75) is 13.5 Å². The van der Waals surface area contributed by atoms with Gasteiger partial charge in [-0.1, -0.05) is 23.7 Å². The Morgan fingerprint density at radius 2 is 1.76 bits per heavy atom. The summed E-state index contributed by atoms with van der Waals surface area (Å²) in [6.07, 6.45) is 1.41. The molecule has 2 aromatic carbocycles. The molecular weight excluding hydrogens is 394 g/mol. The molecule has 8 heteroatoms. The van der Waals surface area contributed by atoms with Gasteiger partial charge in [0.05, 0.1) is 0 Å². The molecular formula is C21H18ClN3O4. The highest BCUT2D eigenvalue weighted by atomic mass is 35.5. The van der Waals surface area contributed by atoms with E-state index in [1.165, 1.54) is 18.3 Å². The fourth-order valence-corrected chi connectivity index (χ4v) is 2.60. The molecule has 0 aliphatic carbocycles. The SMILES string of the molecule is Cc1cc(OCc2ccc(C(=O)NNC(=O)c3ccc[nH]c3=O)cc2)ccc1Cl. The summed E-state index contributed by atoms with van der Waals surface area (Å²) in [6.45, 7) is 2.23. The zero-order chi connectivity index (χ0) is 20.8. The molecule has 0 aliphatic rings. The number of hydrogen-bond donors (Lipinski definition) is 3. The first kappa shape index (κ1) is 20.2. The van der Waals surface area contributed by atoms with Crippen molar-refractivity contribution in [1.82, 2.24) is 15.8 Å². The third kappa shape index (κ3) is 5.24. The molecule has 7 nitrogen and oxygen atoms in total. The van der Waals surface area contributed by atoms with E-state index in [1.54, 1.807) is 36.4 Å². The highest BCUT2D eigenvalue weighted by Gasteiger charge is 2.11. The normalized spacial score (nSPS) is 10.3. The van der Waals surface area contributed by atoms with Gasteiger partial charge in [0.25, 0.3) is 17.4 Å². The van der Waals surface area contributed by atoms with Crippen molar-refractivity contribution < 1.29 is 14.3 Å². The van der Waals surface area contributed by atoms with Crippen LogP contribution in [0.1, 0.15) is 31.8 Å². The Hall–Kier alpha value is -3.58. The number of aromatic amines is 1. The van der Waals surface area contributed by atoms with Gasteiger partial charge in [-0.25, -0.2) is 0 Å². The summed E-state index contributed by atoms with van der Waals surface area (Å²) in [5.41, 5.74) is 5.99. The van der Waals surface area contributed by atoms with Crippen LogP contribution in [0.2, 0.25) is 5.02 Å². The number of carbonyl (C=O) groups is 2. The molecule has 0 fully saturated rings. The Bertz CT molecular complexity index is 1090. The number of amides is 2. The van der Waals surface area contributed by atoms with Crippen LogP contribution in [0.4, 0.5) is 0 Å². The van der Waals surface area contributed by atoms with Crippen LogP contribution in [0.3, 0.4) is 0 Å². The first-order chi connectivity index (χ1) is 13.9. The number of nitrogens with one attached hydrogen (secondary N) is 3. The first-order valence-corrected chi connectivity index (χ1v) is 9.08. The summed E-state index contributed by atoms with van der Waals surface area (Å²) < 4.78 is 5.72. The fourth-order valence-electron chi connectivity index (χ4n) is 2.48. The average Bonchev–Trinajstić information content (AvgIpc) is 2.73. The lowest BCUT2D eigenvalue weighted by atomic mass is 10.1. The van der Waals surface area contributed by atoms with Crippen molar-refractivity contribution in [2.75, 3.05) is 0 Å². The van der Waals surface area contributed by atoms with Crippen LogP contribution in [-0.4, -0.2) is 16.8 Å². The maximum absolute atomic E-state index is 12.2. The second-order valence-corrected chi connectivity index (χ2v) is 6.62. The van der Waals surface area contributed by atoms with Crippen molar-refractivity contribution in [1.29, 1.82) is 0 Å². The number of H-pyrrole nitrogens is 1. The van der Waals surface area contributed by atoms with E-state index in [1.807, 2.05) is 13.0 Å². The topological polar surface area (TPSA) is 100 Å². The van der Waals surface area contributed by atoms with Crippen LogP contribution < -0.4 is 21.1 Å². The Morgan fingerprint density at radius 1 is 1.03 bits per heavy atom. The predicted octanol–water partition coefficient (Wildman–Crippen LogP) is 2.99. The molecule has 3 N–H and O–H groups in total. The van der Waals surface area contributed by atoms with Crippen molar-refractivity contribution >= 4 is 23.4 Å². The number of rotatable bonds is 5. The number of benzene rings is 2. The summed E-state index contributed by atoms with van der Waals surface area (Å²) in [7, 11) is 0. The minimum absolute atomic E-state index is 0.0993. The maximum atomic E-state index is 12.2. The van der Waals surface area contributed by atoms with Crippen LogP contribution in [0.25, 0.3) is 0 Å². The van der Waals surface area contributed by atoms with Gasteiger partial charge in [-0.05, 0) is 60.5 Å². The van der Waals surface area contributed by atoms with Crippen LogP contribution in [0.5, 0.6) is 5.75 Å². The molecule has 3 rings (SSSR count). The van der Waals surface area contributed by atoms with Crippen LogP contribution in [0.15, 0.2) is 65.6 Å². The highest BCUT2D eigenvalue weighted by Crippen LogP contribution is 2.21. The number of aryl methyl sites for hydroxylation is 1. The summed E-state index contributed by atoms with van der Waals surface area (Å²) in [6, 6.07) is 15.0. The van der Waals surface area contributed by atoms with Crippen molar-refractivity contribution in [3.05, 3.63) is 98.4 Å². The number of hydrazine groups is 1. The number of hydrogen-bond acceptors (Lipinski definition) is 4. The second kappa shape index (κ2) is 9.07. The molecule has 1 heterocycles. The van der Waals surface area contributed by atoms with E-state index in [0.717, 1.165) is 11.1 Å². The molecule has 0 unspecified atom stereocenters. The summed E-state index contributed by atoms with van der Waals surface area (Å²) >= 11 is 6.00. The standard InChI is InChI=1S/C21H18ClN3O4/c1-13-11-16(8-9-18(13)22)29-12-14-4-6-15(7-5-14)19(26)24-25-21(28)17-3-2-10-23-20(17)27/h2-11H,12H2,1H3,(H,23,27)(H,24,26)(H,25,28). The van der Waals surface area contributed by atoms with Crippen molar-refractivity contribution in [3.8, 4) is 5.75 Å². The van der Waals surface area contributed by atoms with Crippen LogP contribution in [-0.2, 0) is 6.61 Å². The fraction of sp³-hybridized carbons (Fsp3) is 0.0952. The molecule has 2 amide bonds. The lowest BCUT2D eigenvalue weighted by molar-refractivity contribution is 0.0846. The molecule has 3 aromatic rings. The van der Waals surface area contributed by atoms with E-state index in [2.05, 4.69) is 15.8 Å². The van der Waals surface area contributed by atoms with E-state index in [-0.39, 0.29) is 5.56 Å². The lowest BCUT2D eigenvalue weighted by Crippen LogP contribution is -2.43. The molecule has 0 spiro atoms. The van der Waals surface area contributed by atoms with E-state index in [9.17, 15) is 14.4 Å². The van der Waals surface area contributed by atoms with Gasteiger partial charge in [-0.15, -0.1) is 0 Å². The number of ether oxygens (including phenoxy) is 1. The minimum Gasteiger partial charge on any atom is -0.489 e. The van der Waals surface area contributed by atoms with Gasteiger partial charge >= 0.3 is 0 Å². The first-order valence-electron chi connectivity index (χ1n) is 8.70. The van der Waals surface area contributed by atoms with Crippen molar-refractivity contribution in [3.63, 3.8) is 0 Å². The van der Waals surface area contributed by atoms with Gasteiger partial charge in [0.15, 0.2) is 0 Å². The molecule has 0 saturated carbocycles. The molecule has 0 bridgehead atoms. The third-order valence-corrected chi connectivity index (χ3v) is 4.53. The average molecular weight is 412 g/mol. The molecule has 1 aromatic heterocycles. The Balaban J connectivity index is 1.54. The summed E-state index contributed by atoms with van der Waals surface area (Å²) in [5, 5.41) is 0.677. The third-order valence-electron chi connectivity index (χ3n) is 4.10. The second-order valence-electron chi connectivity index (χ2n) is 6.22. The Labute approximate surface area is 171 Å². The van der Waals surface area contributed by atoms with E-state index in [4.69, 9.17) is 16.3 Å². The number of carbonyl (C=O) groups excluding carboxylic acids is 2. The minimum atomic E-state index is -0.705. The van der Waals surface area contributed by atoms with Crippen molar-refractivity contribution in [2.24, 2.45) is 0 Å². The molecule has 0 atom stereocenters. The van der Waals surface area contributed by atoms with Gasteiger partial charge < -0.3 is 9.72 Å². The van der Waals surface area contributed by atoms with Crippen LogP contribution >= 0.6 is 11.6 Å². The molecule has 0 radical (unpaired) electrons. The Morgan fingerprint density at radius 3 is 2.45 bits per heavy atom. The van der Waals surface area contributed by atoms with Gasteiger partial charge in [-0.3, -0.25) is 25.2 Å². The lowest BCUT2D eigenvalue weighted by Gasteiger charge is -2.09. The van der Waals surface area contributed by atoms with Gasteiger partial charge in [0.2, 0.25) is 0 Å². The van der Waals surface area contributed by atoms with E-state index in [0.29, 0.717) is 22.9 Å². The van der Waals surface area contributed by atoms with Gasteiger partial charge in [-0.2, -0.15) is 0 Å². The Kier molecular flexibility index (Phi) is 6.31. The number of pyridine rings is 1. The summed E-state index contributed by atoms with van der Waals surface area (Å²) in [5.74, 6) is -0.512. The molecule has 148 valence electrons. The number of aromatic nitrogens is 1. The van der Waals surface area contributed by atoms with Gasteiger partial charge in [0.1, 0.15) is 17.9 Å². The maximum Gasteiger partial charge on any atom is 0.275 e. The number of halogens is 1. The molecule has 29 heavy (non-hydrogen) atoms. The smallest absolute Gasteiger partial charge is 0.275 e. The van der Waals surface area contributed by atoms with Crippen LogP contribution in [0, 0.1) is 6.92 Å². The van der Waals surface area contributed by atoms with E-state index >= 15 is 0 Å². The zero-order valence-electron chi connectivity index (χ0n) is 15.5.